The first-order valence-electron chi connectivity index (χ1n) is 9.73. The number of unbranched alkanes of at least 4 members (excludes halogenated alkanes) is 3. The molecule has 1 rings (SSSR count). The van der Waals surface area contributed by atoms with Gasteiger partial charge in [-0.1, -0.05) is 30.4 Å². The van der Waals surface area contributed by atoms with Gasteiger partial charge >= 0.3 is 0 Å². The lowest BCUT2D eigenvalue weighted by Crippen LogP contribution is -2.21. The monoisotopic (exact) mass is 423 g/mol. The lowest BCUT2D eigenvalue weighted by atomic mass is 10.1. The highest BCUT2D eigenvalue weighted by atomic mass is 35.5. The van der Waals surface area contributed by atoms with Crippen molar-refractivity contribution in [1.82, 2.24) is 10.4 Å². The SMILES string of the molecule is C#CCN(C)CCCOc1cc(NC(=O)CCCCCCC(=O)NO)ccc1Cl. The molecule has 0 atom stereocenters. The molecule has 0 unspecified atom stereocenters. The Bertz CT molecular complexity index is 691. The third-order valence-electron chi connectivity index (χ3n) is 4.20. The van der Waals surface area contributed by atoms with Crippen LogP contribution in [-0.2, 0) is 9.59 Å². The van der Waals surface area contributed by atoms with Gasteiger partial charge in [-0.25, -0.2) is 5.48 Å². The summed E-state index contributed by atoms with van der Waals surface area (Å²) >= 11 is 6.17. The Balaban J connectivity index is 2.31. The highest BCUT2D eigenvalue weighted by Crippen LogP contribution is 2.28. The van der Waals surface area contributed by atoms with Crippen LogP contribution >= 0.6 is 11.6 Å². The second kappa shape index (κ2) is 14.7. The minimum absolute atomic E-state index is 0.0812. The molecule has 29 heavy (non-hydrogen) atoms. The lowest BCUT2D eigenvalue weighted by molar-refractivity contribution is -0.129. The Hall–Kier alpha value is -2.27. The molecule has 0 aliphatic heterocycles. The maximum Gasteiger partial charge on any atom is 0.243 e. The van der Waals surface area contributed by atoms with E-state index in [9.17, 15) is 9.59 Å². The van der Waals surface area contributed by atoms with Gasteiger partial charge in [-0.15, -0.1) is 6.42 Å². The highest BCUT2D eigenvalue weighted by Gasteiger charge is 2.07. The number of anilines is 1. The summed E-state index contributed by atoms with van der Waals surface area (Å²) in [6.45, 7) is 1.92. The minimum atomic E-state index is -0.386. The van der Waals surface area contributed by atoms with Crippen LogP contribution in [0, 0.1) is 12.3 Å². The van der Waals surface area contributed by atoms with Crippen LogP contribution in [0.5, 0.6) is 5.75 Å². The number of hydrogen-bond donors (Lipinski definition) is 3. The van der Waals surface area contributed by atoms with Gasteiger partial charge in [0.15, 0.2) is 0 Å². The minimum Gasteiger partial charge on any atom is -0.492 e. The fourth-order valence-electron chi connectivity index (χ4n) is 2.65. The number of halogens is 1. The predicted octanol–water partition coefficient (Wildman–Crippen LogP) is 3.46. The summed E-state index contributed by atoms with van der Waals surface area (Å²) in [5, 5.41) is 11.8. The van der Waals surface area contributed by atoms with E-state index in [0.29, 0.717) is 42.5 Å². The second-order valence-electron chi connectivity index (χ2n) is 6.79. The predicted molar refractivity (Wildman–Crippen MR) is 114 cm³/mol. The summed E-state index contributed by atoms with van der Waals surface area (Å²) in [6.07, 6.45) is 9.85. The van der Waals surface area contributed by atoms with E-state index in [1.54, 1.807) is 23.7 Å². The van der Waals surface area contributed by atoms with E-state index in [1.807, 2.05) is 11.9 Å². The molecular weight excluding hydrogens is 394 g/mol. The third kappa shape index (κ3) is 11.3. The molecule has 1 aromatic carbocycles. The number of hydrogen-bond acceptors (Lipinski definition) is 5. The molecule has 1 aromatic rings. The van der Waals surface area contributed by atoms with E-state index in [2.05, 4.69) is 11.2 Å². The number of nitrogens with zero attached hydrogens (tertiary/aromatic N) is 1. The van der Waals surface area contributed by atoms with E-state index in [0.717, 1.165) is 32.2 Å². The molecule has 0 radical (unpaired) electrons. The molecule has 0 saturated heterocycles. The van der Waals surface area contributed by atoms with Crippen LogP contribution in [0.25, 0.3) is 0 Å². The Kier molecular flexibility index (Phi) is 12.5. The molecule has 0 aliphatic carbocycles. The van der Waals surface area contributed by atoms with E-state index < -0.39 is 0 Å². The fraction of sp³-hybridized carbons (Fsp3) is 0.524. The van der Waals surface area contributed by atoms with Gasteiger partial charge in [-0.2, -0.15) is 0 Å². The van der Waals surface area contributed by atoms with Gasteiger partial charge in [-0.05, 0) is 38.4 Å². The van der Waals surface area contributed by atoms with Crippen LogP contribution in [0.3, 0.4) is 0 Å². The van der Waals surface area contributed by atoms with Crippen molar-refractivity contribution in [3.8, 4) is 18.1 Å². The molecule has 0 heterocycles. The molecule has 0 spiro atoms. The van der Waals surface area contributed by atoms with Crippen molar-refractivity contribution < 1.29 is 19.5 Å². The molecular formula is C21H30ClN3O4. The number of amides is 2. The molecule has 0 aromatic heterocycles. The molecule has 0 aliphatic rings. The van der Waals surface area contributed by atoms with Gasteiger partial charge in [0.2, 0.25) is 11.8 Å². The summed E-state index contributed by atoms with van der Waals surface area (Å²) in [6, 6.07) is 5.16. The standard InChI is InChI=1S/C21H30ClN3O4/c1-3-13-25(2)14-8-15-29-19-16-17(11-12-18(19)22)23-20(26)9-6-4-5-7-10-21(27)24-28/h1,11-12,16,28H,4-10,13-15H2,2H3,(H,23,26)(H,24,27). The molecule has 0 fully saturated rings. The Morgan fingerprint density at radius 1 is 1.17 bits per heavy atom. The van der Waals surface area contributed by atoms with E-state index >= 15 is 0 Å². The van der Waals surface area contributed by atoms with Crippen LogP contribution < -0.4 is 15.5 Å². The summed E-state index contributed by atoms with van der Waals surface area (Å²) in [5.74, 6) is 2.66. The van der Waals surface area contributed by atoms with Crippen LogP contribution in [0.2, 0.25) is 5.02 Å². The number of carbonyl (C=O) groups excluding carboxylic acids is 2. The zero-order valence-corrected chi connectivity index (χ0v) is 17.6. The molecule has 8 heteroatoms. The normalized spacial score (nSPS) is 10.4. The first-order valence-corrected chi connectivity index (χ1v) is 10.1. The largest absolute Gasteiger partial charge is 0.492 e. The van der Waals surface area contributed by atoms with Crippen molar-refractivity contribution in [3.05, 3.63) is 23.2 Å². The lowest BCUT2D eigenvalue weighted by Gasteiger charge is -2.14. The van der Waals surface area contributed by atoms with Gasteiger partial charge in [0, 0.05) is 31.1 Å². The zero-order valence-electron chi connectivity index (χ0n) is 16.9. The summed E-state index contributed by atoms with van der Waals surface area (Å²) in [4.78, 5) is 25.0. The van der Waals surface area contributed by atoms with Gasteiger partial charge in [-0.3, -0.25) is 19.7 Å². The molecule has 0 saturated carbocycles. The van der Waals surface area contributed by atoms with Crippen LogP contribution in [0.15, 0.2) is 18.2 Å². The van der Waals surface area contributed by atoms with Crippen molar-refractivity contribution in [2.75, 3.05) is 32.1 Å². The van der Waals surface area contributed by atoms with Gasteiger partial charge in [0.1, 0.15) is 5.75 Å². The Morgan fingerprint density at radius 3 is 2.52 bits per heavy atom. The Labute approximate surface area is 177 Å². The molecule has 160 valence electrons. The average Bonchev–Trinajstić information content (AvgIpc) is 2.70. The number of hydroxylamine groups is 1. The molecule has 3 N–H and O–H groups in total. The number of nitrogens with one attached hydrogen (secondary N) is 2. The van der Waals surface area contributed by atoms with E-state index in [-0.39, 0.29) is 18.2 Å². The summed E-state index contributed by atoms with van der Waals surface area (Å²) < 4.78 is 5.73. The van der Waals surface area contributed by atoms with Crippen molar-refractivity contribution in [1.29, 1.82) is 0 Å². The maximum atomic E-state index is 12.1. The third-order valence-corrected chi connectivity index (χ3v) is 4.51. The molecule has 2 amide bonds. The second-order valence-corrected chi connectivity index (χ2v) is 7.19. The van der Waals surface area contributed by atoms with Crippen molar-refractivity contribution in [3.63, 3.8) is 0 Å². The maximum absolute atomic E-state index is 12.1. The van der Waals surface area contributed by atoms with Crippen LogP contribution in [0.1, 0.15) is 44.9 Å². The number of benzene rings is 1. The first-order chi connectivity index (χ1) is 14.0. The Morgan fingerprint density at radius 2 is 1.86 bits per heavy atom. The number of carbonyl (C=O) groups is 2. The van der Waals surface area contributed by atoms with Gasteiger partial charge < -0.3 is 10.1 Å². The highest BCUT2D eigenvalue weighted by molar-refractivity contribution is 6.32. The van der Waals surface area contributed by atoms with E-state index in [4.69, 9.17) is 28.0 Å². The number of terminal acetylenes is 1. The summed E-state index contributed by atoms with van der Waals surface area (Å²) in [5.41, 5.74) is 2.24. The van der Waals surface area contributed by atoms with Crippen LogP contribution in [0.4, 0.5) is 5.69 Å². The van der Waals surface area contributed by atoms with Crippen LogP contribution in [-0.4, -0.2) is 48.7 Å². The average molecular weight is 424 g/mol. The van der Waals surface area contributed by atoms with Gasteiger partial charge in [0.05, 0.1) is 18.2 Å². The quantitative estimate of drug-likeness (QED) is 0.184. The number of ether oxygens (including phenoxy) is 1. The number of rotatable bonds is 14. The zero-order chi connectivity index (χ0) is 21.5. The fourth-order valence-corrected chi connectivity index (χ4v) is 2.82. The van der Waals surface area contributed by atoms with E-state index in [1.165, 1.54) is 0 Å². The smallest absolute Gasteiger partial charge is 0.243 e. The van der Waals surface area contributed by atoms with Crippen molar-refractivity contribution in [2.24, 2.45) is 0 Å². The van der Waals surface area contributed by atoms with Crippen molar-refractivity contribution >= 4 is 29.1 Å². The van der Waals surface area contributed by atoms with Gasteiger partial charge in [0.25, 0.3) is 0 Å². The molecule has 0 bridgehead atoms. The van der Waals surface area contributed by atoms with Crippen molar-refractivity contribution in [2.45, 2.75) is 44.9 Å². The molecule has 7 nitrogen and oxygen atoms in total. The topological polar surface area (TPSA) is 90.9 Å². The first kappa shape index (κ1) is 24.8. The summed E-state index contributed by atoms with van der Waals surface area (Å²) in [7, 11) is 1.95.